The number of aromatic nitrogens is 1. The molecule has 0 atom stereocenters. The summed E-state index contributed by atoms with van der Waals surface area (Å²) in [5.74, 6) is -0.911. The number of rotatable bonds is 6. The van der Waals surface area contributed by atoms with Crippen LogP contribution >= 0.6 is 11.3 Å². The van der Waals surface area contributed by atoms with Crippen LogP contribution in [-0.2, 0) is 16.0 Å². The van der Waals surface area contributed by atoms with Crippen LogP contribution in [0.4, 0.5) is 5.69 Å². The number of anilines is 1. The Morgan fingerprint density at radius 2 is 1.79 bits per heavy atom. The molecule has 0 unspecified atom stereocenters. The second-order valence-corrected chi connectivity index (χ2v) is 7.42. The lowest BCUT2D eigenvalue weighted by molar-refractivity contribution is -0.119. The first kappa shape index (κ1) is 19.8. The normalized spacial score (nSPS) is 10.5. The molecule has 0 radical (unpaired) electrons. The minimum Gasteiger partial charge on any atom is -0.451 e. The lowest BCUT2D eigenvalue weighted by Gasteiger charge is -2.08. The number of para-hydroxylation sites is 1. The van der Waals surface area contributed by atoms with Crippen molar-refractivity contribution in [3.8, 4) is 10.6 Å². The fourth-order valence-corrected chi connectivity index (χ4v) is 3.65. The van der Waals surface area contributed by atoms with Crippen molar-refractivity contribution >= 4 is 28.9 Å². The summed E-state index contributed by atoms with van der Waals surface area (Å²) in [5, 5.41) is 3.51. The van der Waals surface area contributed by atoms with E-state index in [-0.39, 0.29) is 12.5 Å². The van der Waals surface area contributed by atoms with Crippen molar-refractivity contribution in [2.75, 3.05) is 11.9 Å². The number of thiazole rings is 1. The lowest BCUT2D eigenvalue weighted by atomic mass is 10.1. The second kappa shape index (κ2) is 8.80. The molecule has 28 heavy (non-hydrogen) atoms. The maximum atomic E-state index is 12.4. The third-order valence-electron chi connectivity index (χ3n) is 4.34. The van der Waals surface area contributed by atoms with E-state index in [0.717, 1.165) is 22.6 Å². The highest BCUT2D eigenvalue weighted by atomic mass is 32.1. The predicted octanol–water partition coefficient (Wildman–Crippen LogP) is 4.78. The monoisotopic (exact) mass is 394 g/mol. The Morgan fingerprint density at radius 3 is 2.46 bits per heavy atom. The third kappa shape index (κ3) is 4.64. The Morgan fingerprint density at radius 1 is 1.07 bits per heavy atom. The first-order valence-corrected chi connectivity index (χ1v) is 9.89. The van der Waals surface area contributed by atoms with E-state index >= 15 is 0 Å². The van der Waals surface area contributed by atoms with Crippen molar-refractivity contribution < 1.29 is 14.3 Å². The first-order chi connectivity index (χ1) is 13.5. The summed E-state index contributed by atoms with van der Waals surface area (Å²) in [7, 11) is 0. The predicted molar refractivity (Wildman–Crippen MR) is 112 cm³/mol. The fraction of sp³-hybridized carbons (Fsp3) is 0.227. The summed E-state index contributed by atoms with van der Waals surface area (Å²) in [4.78, 5) is 29.4. The Labute approximate surface area is 168 Å². The summed E-state index contributed by atoms with van der Waals surface area (Å²) in [5.41, 5.74) is 4.45. The van der Waals surface area contributed by atoms with Gasteiger partial charge in [0.15, 0.2) is 6.61 Å². The molecule has 1 amide bonds. The topological polar surface area (TPSA) is 68.3 Å². The largest absolute Gasteiger partial charge is 0.451 e. The van der Waals surface area contributed by atoms with Crippen molar-refractivity contribution in [1.29, 1.82) is 0 Å². The van der Waals surface area contributed by atoms with Crippen LogP contribution in [-0.4, -0.2) is 23.5 Å². The van der Waals surface area contributed by atoms with Crippen LogP contribution in [0.15, 0.2) is 48.5 Å². The van der Waals surface area contributed by atoms with E-state index in [1.54, 1.807) is 13.0 Å². The molecule has 1 heterocycles. The zero-order chi connectivity index (χ0) is 20.1. The number of nitrogens with zero attached hydrogens (tertiary/aromatic N) is 1. The SMILES string of the molecule is CCc1ccc(-c2nc(C)c(C(=O)OCC(=O)Nc3ccccc3C)s2)cc1. The molecular formula is C22H22N2O3S. The van der Waals surface area contributed by atoms with Gasteiger partial charge in [-0.25, -0.2) is 9.78 Å². The first-order valence-electron chi connectivity index (χ1n) is 9.07. The molecule has 1 aromatic heterocycles. The van der Waals surface area contributed by atoms with Crippen LogP contribution in [0.3, 0.4) is 0 Å². The molecule has 5 nitrogen and oxygen atoms in total. The zero-order valence-corrected chi connectivity index (χ0v) is 16.9. The number of nitrogens with one attached hydrogen (secondary N) is 1. The van der Waals surface area contributed by atoms with Gasteiger partial charge in [0.1, 0.15) is 9.88 Å². The molecule has 144 valence electrons. The molecule has 0 saturated carbocycles. The van der Waals surface area contributed by atoms with Crippen molar-refractivity contribution in [2.24, 2.45) is 0 Å². The Kier molecular flexibility index (Phi) is 6.21. The number of amides is 1. The lowest BCUT2D eigenvalue weighted by Crippen LogP contribution is -2.21. The van der Waals surface area contributed by atoms with Crippen LogP contribution in [0.1, 0.15) is 33.4 Å². The fourth-order valence-electron chi connectivity index (χ4n) is 2.69. The molecular weight excluding hydrogens is 372 g/mol. The van der Waals surface area contributed by atoms with Gasteiger partial charge < -0.3 is 10.1 Å². The van der Waals surface area contributed by atoms with E-state index in [4.69, 9.17) is 4.74 Å². The molecule has 2 aromatic carbocycles. The van der Waals surface area contributed by atoms with Crippen molar-refractivity contribution in [3.63, 3.8) is 0 Å². The van der Waals surface area contributed by atoms with Gasteiger partial charge in [0.2, 0.25) is 0 Å². The van der Waals surface area contributed by atoms with Gasteiger partial charge in [0.05, 0.1) is 5.69 Å². The van der Waals surface area contributed by atoms with Crippen LogP contribution in [0, 0.1) is 13.8 Å². The number of esters is 1. The molecule has 0 aliphatic heterocycles. The maximum absolute atomic E-state index is 12.4. The van der Waals surface area contributed by atoms with Gasteiger partial charge in [-0.3, -0.25) is 4.79 Å². The standard InChI is InChI=1S/C22H22N2O3S/c1-4-16-9-11-17(12-10-16)21-23-15(3)20(28-21)22(26)27-13-19(25)24-18-8-6-5-7-14(18)2/h5-12H,4,13H2,1-3H3,(H,24,25). The van der Waals surface area contributed by atoms with Crippen LogP contribution in [0.2, 0.25) is 0 Å². The van der Waals surface area contributed by atoms with E-state index in [9.17, 15) is 9.59 Å². The Balaban J connectivity index is 1.63. The van der Waals surface area contributed by atoms with Gasteiger partial charge in [0, 0.05) is 11.3 Å². The number of ether oxygens (including phenoxy) is 1. The molecule has 3 rings (SSSR count). The number of benzene rings is 2. The minimum absolute atomic E-state index is 0.342. The van der Waals surface area contributed by atoms with E-state index in [1.165, 1.54) is 16.9 Å². The summed E-state index contributed by atoms with van der Waals surface area (Å²) in [6.07, 6.45) is 0.972. The summed E-state index contributed by atoms with van der Waals surface area (Å²) >= 11 is 1.27. The van der Waals surface area contributed by atoms with Gasteiger partial charge >= 0.3 is 5.97 Å². The zero-order valence-electron chi connectivity index (χ0n) is 16.1. The van der Waals surface area contributed by atoms with Crippen molar-refractivity contribution in [1.82, 2.24) is 4.98 Å². The summed E-state index contributed by atoms with van der Waals surface area (Å²) in [6, 6.07) is 15.5. The number of carbonyl (C=O) groups is 2. The van der Waals surface area contributed by atoms with Crippen LogP contribution in [0.5, 0.6) is 0 Å². The molecule has 1 N–H and O–H groups in total. The van der Waals surface area contributed by atoms with Gasteiger partial charge in [-0.1, -0.05) is 49.4 Å². The summed E-state index contributed by atoms with van der Waals surface area (Å²) in [6.45, 7) is 5.43. The maximum Gasteiger partial charge on any atom is 0.350 e. The molecule has 0 aliphatic carbocycles. The highest BCUT2D eigenvalue weighted by Gasteiger charge is 2.19. The van der Waals surface area contributed by atoms with Crippen molar-refractivity contribution in [3.05, 3.63) is 70.2 Å². The third-order valence-corrected chi connectivity index (χ3v) is 5.53. The van der Waals surface area contributed by atoms with E-state index in [2.05, 4.69) is 29.4 Å². The van der Waals surface area contributed by atoms with E-state index in [0.29, 0.717) is 16.3 Å². The molecule has 0 aliphatic rings. The van der Waals surface area contributed by atoms with Gasteiger partial charge in [-0.05, 0) is 37.5 Å². The molecule has 3 aromatic rings. The Bertz CT molecular complexity index is 993. The second-order valence-electron chi connectivity index (χ2n) is 6.42. The molecule has 0 saturated heterocycles. The van der Waals surface area contributed by atoms with Crippen molar-refractivity contribution in [2.45, 2.75) is 27.2 Å². The smallest absolute Gasteiger partial charge is 0.350 e. The summed E-state index contributed by atoms with van der Waals surface area (Å²) < 4.78 is 5.19. The molecule has 0 bridgehead atoms. The minimum atomic E-state index is -0.536. The van der Waals surface area contributed by atoms with E-state index < -0.39 is 5.97 Å². The van der Waals surface area contributed by atoms with Gasteiger partial charge in [0.25, 0.3) is 5.91 Å². The van der Waals surface area contributed by atoms with Gasteiger partial charge in [-0.2, -0.15) is 0 Å². The number of carbonyl (C=O) groups excluding carboxylic acids is 2. The average molecular weight is 394 g/mol. The van der Waals surface area contributed by atoms with Crippen LogP contribution in [0.25, 0.3) is 10.6 Å². The average Bonchev–Trinajstić information content (AvgIpc) is 3.10. The van der Waals surface area contributed by atoms with Crippen LogP contribution < -0.4 is 5.32 Å². The number of hydrogen-bond acceptors (Lipinski definition) is 5. The molecule has 0 fully saturated rings. The quantitative estimate of drug-likeness (QED) is 0.611. The number of hydrogen-bond donors (Lipinski definition) is 1. The molecule has 6 heteroatoms. The van der Waals surface area contributed by atoms with E-state index in [1.807, 2.05) is 37.3 Å². The number of aryl methyl sites for hydroxylation is 3. The van der Waals surface area contributed by atoms with Gasteiger partial charge in [-0.15, -0.1) is 11.3 Å². The highest BCUT2D eigenvalue weighted by molar-refractivity contribution is 7.17. The highest BCUT2D eigenvalue weighted by Crippen LogP contribution is 2.28. The Hall–Kier alpha value is -2.99. The molecule has 0 spiro atoms.